The van der Waals surface area contributed by atoms with Gasteiger partial charge in [0, 0.05) is 15.9 Å². The van der Waals surface area contributed by atoms with Crippen molar-refractivity contribution in [2.24, 2.45) is 0 Å². The van der Waals surface area contributed by atoms with Crippen LogP contribution in [0.1, 0.15) is 5.56 Å². The maximum absolute atomic E-state index is 4.79. The number of nitrogens with one attached hydrogen (secondary N) is 1. The second kappa shape index (κ2) is 5.65. The van der Waals surface area contributed by atoms with E-state index >= 15 is 0 Å². The zero-order chi connectivity index (χ0) is 9.68. The van der Waals surface area contributed by atoms with Crippen molar-refractivity contribution in [3.05, 3.63) is 28.2 Å². The summed E-state index contributed by atoms with van der Waals surface area (Å²) >= 11 is 5.20. The molecule has 1 rings (SSSR count). The minimum absolute atomic E-state index is 0.726. The standard InChI is InChI=1S/C9H12BrNOS/c1-12-11-6-7-3-8(10)5-9(4-7)13-2/h3-5,11H,6H2,1-2H3. The van der Waals surface area contributed by atoms with Crippen molar-refractivity contribution in [3.8, 4) is 0 Å². The number of hydrogen-bond acceptors (Lipinski definition) is 3. The Morgan fingerprint density at radius 2 is 2.23 bits per heavy atom. The molecule has 0 aliphatic rings. The molecule has 0 unspecified atom stereocenters. The minimum atomic E-state index is 0.726. The monoisotopic (exact) mass is 261 g/mol. The Hall–Kier alpha value is -0.0300. The molecule has 0 saturated carbocycles. The molecule has 13 heavy (non-hydrogen) atoms. The van der Waals surface area contributed by atoms with E-state index in [1.54, 1.807) is 18.9 Å². The smallest absolute Gasteiger partial charge is 0.0572 e. The van der Waals surface area contributed by atoms with E-state index in [2.05, 4.69) is 45.9 Å². The highest BCUT2D eigenvalue weighted by Gasteiger charge is 1.98. The van der Waals surface area contributed by atoms with Crippen LogP contribution in [0.4, 0.5) is 0 Å². The highest BCUT2D eigenvalue weighted by atomic mass is 79.9. The van der Waals surface area contributed by atoms with Gasteiger partial charge in [-0.15, -0.1) is 11.8 Å². The van der Waals surface area contributed by atoms with E-state index in [1.165, 1.54) is 10.5 Å². The molecule has 0 radical (unpaired) electrons. The van der Waals surface area contributed by atoms with Gasteiger partial charge in [-0.3, -0.25) is 0 Å². The second-order valence-electron chi connectivity index (χ2n) is 2.52. The van der Waals surface area contributed by atoms with Gasteiger partial charge >= 0.3 is 0 Å². The highest BCUT2D eigenvalue weighted by molar-refractivity contribution is 9.10. The Bertz CT molecular complexity index is 280. The minimum Gasteiger partial charge on any atom is -0.305 e. The van der Waals surface area contributed by atoms with Gasteiger partial charge in [0.2, 0.25) is 0 Å². The summed E-state index contributed by atoms with van der Waals surface area (Å²) in [5, 5.41) is 0. The molecular weight excluding hydrogens is 250 g/mol. The first kappa shape index (κ1) is 11.0. The average molecular weight is 262 g/mol. The molecule has 1 aromatic rings. The highest BCUT2D eigenvalue weighted by Crippen LogP contribution is 2.22. The average Bonchev–Trinajstić information content (AvgIpc) is 2.14. The summed E-state index contributed by atoms with van der Waals surface area (Å²) in [6.07, 6.45) is 2.06. The molecule has 0 spiro atoms. The van der Waals surface area contributed by atoms with Gasteiger partial charge in [0.15, 0.2) is 0 Å². The van der Waals surface area contributed by atoms with Crippen LogP contribution in [-0.4, -0.2) is 13.4 Å². The fourth-order valence-corrected chi connectivity index (χ4v) is 2.20. The van der Waals surface area contributed by atoms with Crippen molar-refractivity contribution < 1.29 is 4.84 Å². The van der Waals surface area contributed by atoms with E-state index in [1.807, 2.05) is 0 Å². The van der Waals surface area contributed by atoms with Crippen molar-refractivity contribution in [3.63, 3.8) is 0 Å². The lowest BCUT2D eigenvalue weighted by Gasteiger charge is -2.05. The van der Waals surface area contributed by atoms with Crippen LogP contribution in [0, 0.1) is 0 Å². The predicted molar refractivity (Wildman–Crippen MR) is 59.8 cm³/mol. The summed E-state index contributed by atoms with van der Waals surface area (Å²) in [4.78, 5) is 6.04. The van der Waals surface area contributed by atoms with E-state index in [4.69, 9.17) is 4.84 Å². The van der Waals surface area contributed by atoms with Crippen LogP contribution < -0.4 is 5.48 Å². The van der Waals surface area contributed by atoms with E-state index in [-0.39, 0.29) is 0 Å². The van der Waals surface area contributed by atoms with Gasteiger partial charge in [-0.2, -0.15) is 5.48 Å². The normalized spacial score (nSPS) is 10.4. The van der Waals surface area contributed by atoms with Gasteiger partial charge in [-0.1, -0.05) is 15.9 Å². The quantitative estimate of drug-likeness (QED) is 0.666. The molecule has 0 bridgehead atoms. The lowest BCUT2D eigenvalue weighted by atomic mass is 10.2. The zero-order valence-electron chi connectivity index (χ0n) is 7.63. The molecule has 72 valence electrons. The first-order valence-electron chi connectivity index (χ1n) is 3.85. The largest absolute Gasteiger partial charge is 0.305 e. The molecule has 1 aromatic carbocycles. The maximum Gasteiger partial charge on any atom is 0.0572 e. The van der Waals surface area contributed by atoms with Crippen molar-refractivity contribution >= 4 is 27.7 Å². The number of halogens is 1. The molecule has 0 fully saturated rings. The Morgan fingerprint density at radius 3 is 2.85 bits per heavy atom. The fraction of sp³-hybridized carbons (Fsp3) is 0.333. The molecule has 0 atom stereocenters. The Kier molecular flexibility index (Phi) is 4.80. The Labute approximate surface area is 91.1 Å². The van der Waals surface area contributed by atoms with Gasteiger partial charge < -0.3 is 4.84 Å². The van der Waals surface area contributed by atoms with Crippen molar-refractivity contribution in [2.75, 3.05) is 13.4 Å². The van der Waals surface area contributed by atoms with Gasteiger partial charge in [0.05, 0.1) is 7.11 Å². The van der Waals surface area contributed by atoms with E-state index < -0.39 is 0 Å². The third kappa shape index (κ3) is 3.68. The summed E-state index contributed by atoms with van der Waals surface area (Å²) in [6, 6.07) is 6.31. The third-order valence-corrected chi connectivity index (χ3v) is 2.75. The van der Waals surface area contributed by atoms with Gasteiger partial charge in [-0.05, 0) is 30.0 Å². The summed E-state index contributed by atoms with van der Waals surface area (Å²) < 4.78 is 1.10. The van der Waals surface area contributed by atoms with E-state index in [0.717, 1.165) is 11.0 Å². The van der Waals surface area contributed by atoms with E-state index in [0.29, 0.717) is 0 Å². The third-order valence-electron chi connectivity index (χ3n) is 1.59. The number of hydroxylamine groups is 1. The molecule has 1 N–H and O–H groups in total. The predicted octanol–water partition coefficient (Wildman–Crippen LogP) is 2.82. The number of hydrogen-bond donors (Lipinski definition) is 1. The van der Waals surface area contributed by atoms with Crippen LogP contribution >= 0.6 is 27.7 Å². The molecule has 0 heterocycles. The molecule has 0 aliphatic carbocycles. The SMILES string of the molecule is CONCc1cc(Br)cc(SC)c1. The summed E-state index contributed by atoms with van der Waals surface area (Å²) in [5.74, 6) is 0. The topological polar surface area (TPSA) is 21.3 Å². The molecule has 0 amide bonds. The van der Waals surface area contributed by atoms with Crippen LogP contribution in [-0.2, 0) is 11.4 Å². The molecule has 2 nitrogen and oxygen atoms in total. The molecule has 0 aliphatic heterocycles. The van der Waals surface area contributed by atoms with Crippen LogP contribution in [0.5, 0.6) is 0 Å². The molecule has 0 aromatic heterocycles. The summed E-state index contributed by atoms with van der Waals surface area (Å²) in [5.41, 5.74) is 4.02. The molecular formula is C9H12BrNOS. The lowest BCUT2D eigenvalue weighted by Crippen LogP contribution is -2.10. The van der Waals surface area contributed by atoms with Gasteiger partial charge in [0.25, 0.3) is 0 Å². The molecule has 4 heteroatoms. The fourth-order valence-electron chi connectivity index (χ4n) is 0.996. The number of thioether (sulfide) groups is 1. The van der Waals surface area contributed by atoms with Crippen molar-refractivity contribution in [2.45, 2.75) is 11.4 Å². The van der Waals surface area contributed by atoms with Crippen molar-refractivity contribution in [1.82, 2.24) is 5.48 Å². The van der Waals surface area contributed by atoms with Crippen LogP contribution in [0.3, 0.4) is 0 Å². The number of benzene rings is 1. The maximum atomic E-state index is 4.79. The lowest BCUT2D eigenvalue weighted by molar-refractivity contribution is 0.0866. The first-order valence-corrected chi connectivity index (χ1v) is 5.87. The van der Waals surface area contributed by atoms with Crippen molar-refractivity contribution in [1.29, 1.82) is 0 Å². The van der Waals surface area contributed by atoms with Crippen LogP contribution in [0.15, 0.2) is 27.6 Å². The van der Waals surface area contributed by atoms with E-state index in [9.17, 15) is 0 Å². The van der Waals surface area contributed by atoms with Crippen LogP contribution in [0.25, 0.3) is 0 Å². The summed E-state index contributed by atoms with van der Waals surface area (Å²) in [7, 11) is 1.62. The summed E-state index contributed by atoms with van der Waals surface area (Å²) in [6.45, 7) is 0.726. The zero-order valence-corrected chi connectivity index (χ0v) is 10.0. The Balaban J connectivity index is 2.76. The van der Waals surface area contributed by atoms with Gasteiger partial charge in [-0.25, -0.2) is 0 Å². The second-order valence-corrected chi connectivity index (χ2v) is 4.32. The Morgan fingerprint density at radius 1 is 1.46 bits per heavy atom. The first-order chi connectivity index (χ1) is 6.26. The molecule has 0 saturated heterocycles. The number of rotatable bonds is 4. The van der Waals surface area contributed by atoms with Crippen LogP contribution in [0.2, 0.25) is 0 Å². The van der Waals surface area contributed by atoms with Gasteiger partial charge in [0.1, 0.15) is 0 Å².